The van der Waals surface area contributed by atoms with Crippen molar-refractivity contribution in [2.24, 2.45) is 5.92 Å². The van der Waals surface area contributed by atoms with Crippen LogP contribution in [-0.2, 0) is 0 Å². The molecule has 0 saturated carbocycles. The van der Waals surface area contributed by atoms with E-state index in [1.165, 1.54) is 20.1 Å². The molecule has 1 aromatic carbocycles. The predicted molar refractivity (Wildman–Crippen MR) is 112 cm³/mol. The zero-order valence-corrected chi connectivity index (χ0v) is 17.7. The smallest absolute Gasteiger partial charge is 0.219 e. The van der Waals surface area contributed by atoms with Crippen LogP contribution in [0.1, 0.15) is 58.4 Å². The molecule has 0 aliphatic heterocycles. The molecule has 0 aliphatic rings. The van der Waals surface area contributed by atoms with E-state index in [1.807, 2.05) is 6.07 Å². The fourth-order valence-corrected chi connectivity index (χ4v) is 3.10. The molecule has 2 rings (SSSR count). The minimum Gasteiger partial charge on any atom is -0.493 e. The summed E-state index contributed by atoms with van der Waals surface area (Å²) in [5, 5.41) is 9.55. The lowest BCUT2D eigenvalue weighted by atomic mass is 10.0. The standard InChI is InChI=1S/C23H26N2O4/c1-13(2)12-29-19-8-7-17(10-20(19)28-6)9-18(11-24)23(27)22-14(3)21(16(5)26)15(4)25-22/h7-10,13,25H,12H2,1-6H3/b18-9+. The highest BCUT2D eigenvalue weighted by Crippen LogP contribution is 2.30. The highest BCUT2D eigenvalue weighted by Gasteiger charge is 2.22. The number of aromatic amines is 1. The molecule has 1 N–H and O–H groups in total. The van der Waals surface area contributed by atoms with Crippen LogP contribution >= 0.6 is 0 Å². The molecule has 29 heavy (non-hydrogen) atoms. The Morgan fingerprint density at radius 1 is 1.24 bits per heavy atom. The highest BCUT2D eigenvalue weighted by atomic mass is 16.5. The number of H-pyrrole nitrogens is 1. The third-order valence-corrected chi connectivity index (χ3v) is 4.45. The number of nitrogens with one attached hydrogen (secondary N) is 1. The molecule has 6 nitrogen and oxygen atoms in total. The van der Waals surface area contributed by atoms with Gasteiger partial charge < -0.3 is 14.5 Å². The van der Waals surface area contributed by atoms with Crippen molar-refractivity contribution < 1.29 is 19.1 Å². The molecule has 0 saturated heterocycles. The number of nitrogens with zero attached hydrogens (tertiary/aromatic N) is 1. The van der Waals surface area contributed by atoms with Crippen molar-refractivity contribution in [2.45, 2.75) is 34.6 Å². The fourth-order valence-electron chi connectivity index (χ4n) is 3.10. The number of aromatic nitrogens is 1. The average Bonchev–Trinajstić information content (AvgIpc) is 2.98. The molecule has 152 valence electrons. The molecular formula is C23H26N2O4. The topological polar surface area (TPSA) is 92.2 Å². The Balaban J connectivity index is 2.39. The van der Waals surface area contributed by atoms with Gasteiger partial charge in [-0.05, 0) is 56.0 Å². The number of nitriles is 1. The van der Waals surface area contributed by atoms with Crippen molar-refractivity contribution >= 4 is 17.6 Å². The average molecular weight is 394 g/mol. The lowest BCUT2D eigenvalue weighted by Crippen LogP contribution is -2.06. The zero-order valence-electron chi connectivity index (χ0n) is 17.7. The maximum absolute atomic E-state index is 12.9. The molecular weight excluding hydrogens is 368 g/mol. The SMILES string of the molecule is COc1cc(/C=C(\C#N)C(=O)c2[nH]c(C)c(C(C)=O)c2C)ccc1OCC(C)C. The van der Waals surface area contributed by atoms with Gasteiger partial charge in [-0.1, -0.05) is 19.9 Å². The number of Topliss-reactive ketones (excluding diaryl/α,β-unsaturated/α-hetero) is 2. The number of hydrogen-bond acceptors (Lipinski definition) is 5. The molecule has 6 heteroatoms. The van der Waals surface area contributed by atoms with Crippen LogP contribution in [0, 0.1) is 31.1 Å². The molecule has 1 heterocycles. The van der Waals surface area contributed by atoms with Gasteiger partial charge >= 0.3 is 0 Å². The Bertz CT molecular complexity index is 1010. The molecule has 0 aliphatic carbocycles. The number of aryl methyl sites for hydroxylation is 1. The number of ketones is 2. The van der Waals surface area contributed by atoms with E-state index in [-0.39, 0.29) is 17.1 Å². The van der Waals surface area contributed by atoms with Crippen molar-refractivity contribution in [3.05, 3.63) is 51.9 Å². The summed E-state index contributed by atoms with van der Waals surface area (Å²) in [5.74, 6) is 0.911. The number of rotatable bonds is 8. The molecule has 0 atom stereocenters. The Morgan fingerprint density at radius 3 is 2.45 bits per heavy atom. The monoisotopic (exact) mass is 394 g/mol. The Hall–Kier alpha value is -3.33. The summed E-state index contributed by atoms with van der Waals surface area (Å²) in [7, 11) is 1.54. The molecule has 1 aromatic heterocycles. The van der Waals surface area contributed by atoms with Crippen LogP contribution in [0.5, 0.6) is 11.5 Å². The first-order valence-corrected chi connectivity index (χ1v) is 9.37. The summed E-state index contributed by atoms with van der Waals surface area (Å²) < 4.78 is 11.1. The molecule has 0 amide bonds. The minimum atomic E-state index is -0.459. The quantitative estimate of drug-likeness (QED) is 0.399. The second-order valence-corrected chi connectivity index (χ2v) is 7.30. The predicted octanol–water partition coefficient (Wildman–Crippen LogP) is 4.67. The van der Waals surface area contributed by atoms with Gasteiger partial charge in [0.2, 0.25) is 5.78 Å². The largest absolute Gasteiger partial charge is 0.493 e. The third-order valence-electron chi connectivity index (χ3n) is 4.45. The Morgan fingerprint density at radius 2 is 1.93 bits per heavy atom. The van der Waals surface area contributed by atoms with Gasteiger partial charge in [0, 0.05) is 11.3 Å². The maximum Gasteiger partial charge on any atom is 0.219 e. The van der Waals surface area contributed by atoms with Crippen molar-refractivity contribution in [1.29, 1.82) is 5.26 Å². The van der Waals surface area contributed by atoms with Gasteiger partial charge in [-0.25, -0.2) is 0 Å². The van der Waals surface area contributed by atoms with E-state index in [9.17, 15) is 14.9 Å². The van der Waals surface area contributed by atoms with E-state index in [0.717, 1.165) is 0 Å². The van der Waals surface area contributed by atoms with Gasteiger partial charge in [0.25, 0.3) is 0 Å². The summed E-state index contributed by atoms with van der Waals surface area (Å²) in [6.45, 7) is 9.54. The third kappa shape index (κ3) is 4.94. The number of methoxy groups -OCH3 is 1. The number of benzene rings is 1. The van der Waals surface area contributed by atoms with Crippen LogP contribution in [0.4, 0.5) is 0 Å². The van der Waals surface area contributed by atoms with Gasteiger partial charge in [-0.15, -0.1) is 0 Å². The second kappa shape index (κ2) is 9.24. The van der Waals surface area contributed by atoms with Crippen molar-refractivity contribution in [3.8, 4) is 17.6 Å². The minimum absolute atomic E-state index is 0.0395. The first-order chi connectivity index (χ1) is 13.7. The van der Waals surface area contributed by atoms with E-state index in [0.29, 0.717) is 46.4 Å². The van der Waals surface area contributed by atoms with Gasteiger partial charge in [0.05, 0.1) is 19.4 Å². The van der Waals surface area contributed by atoms with E-state index >= 15 is 0 Å². The van der Waals surface area contributed by atoms with Crippen molar-refractivity contribution in [2.75, 3.05) is 13.7 Å². The number of ether oxygens (including phenoxy) is 2. The lowest BCUT2D eigenvalue weighted by Gasteiger charge is -2.13. The summed E-state index contributed by atoms with van der Waals surface area (Å²) in [5.41, 5.74) is 2.50. The number of carbonyl (C=O) groups excluding carboxylic acids is 2. The number of carbonyl (C=O) groups is 2. The first-order valence-electron chi connectivity index (χ1n) is 9.37. The van der Waals surface area contributed by atoms with Gasteiger partial charge in [0.1, 0.15) is 11.6 Å². The van der Waals surface area contributed by atoms with Crippen LogP contribution in [0.25, 0.3) is 6.08 Å². The summed E-state index contributed by atoms with van der Waals surface area (Å²) >= 11 is 0. The normalized spacial score (nSPS) is 11.3. The van der Waals surface area contributed by atoms with Crippen molar-refractivity contribution in [1.82, 2.24) is 4.98 Å². The van der Waals surface area contributed by atoms with Crippen LogP contribution in [-0.4, -0.2) is 30.3 Å². The number of allylic oxidation sites excluding steroid dienone is 1. The summed E-state index contributed by atoms with van der Waals surface area (Å²) in [4.78, 5) is 27.7. The van der Waals surface area contributed by atoms with Gasteiger partial charge in [0.15, 0.2) is 17.3 Å². The van der Waals surface area contributed by atoms with Gasteiger partial charge in [-0.3, -0.25) is 9.59 Å². The van der Waals surface area contributed by atoms with E-state index in [4.69, 9.17) is 9.47 Å². The second-order valence-electron chi connectivity index (χ2n) is 7.30. The Kier molecular flexibility index (Phi) is 7.00. The molecule has 0 fully saturated rings. The zero-order chi connectivity index (χ0) is 21.7. The van der Waals surface area contributed by atoms with E-state index < -0.39 is 5.78 Å². The van der Waals surface area contributed by atoms with E-state index in [1.54, 1.807) is 32.0 Å². The Labute approximate surface area is 171 Å². The molecule has 0 unspecified atom stereocenters. The molecule has 2 aromatic rings. The maximum atomic E-state index is 12.9. The molecule has 0 radical (unpaired) electrons. The van der Waals surface area contributed by atoms with Crippen LogP contribution in [0.3, 0.4) is 0 Å². The highest BCUT2D eigenvalue weighted by molar-refractivity contribution is 6.15. The van der Waals surface area contributed by atoms with Crippen LogP contribution in [0.15, 0.2) is 23.8 Å². The van der Waals surface area contributed by atoms with Crippen LogP contribution < -0.4 is 9.47 Å². The summed E-state index contributed by atoms with van der Waals surface area (Å²) in [6.07, 6.45) is 1.50. The van der Waals surface area contributed by atoms with Gasteiger partial charge in [-0.2, -0.15) is 5.26 Å². The first kappa shape index (κ1) is 22.0. The van der Waals surface area contributed by atoms with Crippen LogP contribution in [0.2, 0.25) is 0 Å². The lowest BCUT2D eigenvalue weighted by molar-refractivity contribution is 0.101. The fraction of sp³-hybridized carbons (Fsp3) is 0.348. The number of hydrogen-bond donors (Lipinski definition) is 1. The van der Waals surface area contributed by atoms with Crippen molar-refractivity contribution in [3.63, 3.8) is 0 Å². The molecule has 0 bridgehead atoms. The summed E-state index contributed by atoms with van der Waals surface area (Å²) in [6, 6.07) is 7.19. The molecule has 0 spiro atoms. The van der Waals surface area contributed by atoms with E-state index in [2.05, 4.69) is 18.8 Å².